The molecule has 2 fully saturated rings. The summed E-state index contributed by atoms with van der Waals surface area (Å²) in [6.07, 6.45) is 2.52. The van der Waals surface area contributed by atoms with Gasteiger partial charge in [0.05, 0.1) is 23.8 Å². The van der Waals surface area contributed by atoms with Gasteiger partial charge >= 0.3 is 5.97 Å². The van der Waals surface area contributed by atoms with Gasteiger partial charge < -0.3 is 19.4 Å². The number of hydrogen-bond donors (Lipinski definition) is 0. The van der Waals surface area contributed by atoms with E-state index in [-0.39, 0.29) is 36.2 Å². The second-order valence-electron chi connectivity index (χ2n) is 8.46. The number of anilines is 1. The summed E-state index contributed by atoms with van der Waals surface area (Å²) in [6.45, 7) is 5.37. The third kappa shape index (κ3) is 3.91. The molecule has 4 rings (SSSR count). The number of esters is 1. The Hall–Kier alpha value is -2.90. The Kier molecular flexibility index (Phi) is 5.98. The fourth-order valence-corrected chi connectivity index (χ4v) is 4.92. The van der Waals surface area contributed by atoms with Crippen molar-refractivity contribution >= 4 is 29.4 Å². The summed E-state index contributed by atoms with van der Waals surface area (Å²) in [4.78, 5) is 56.5. The summed E-state index contributed by atoms with van der Waals surface area (Å²) < 4.78 is 5.10. The lowest BCUT2D eigenvalue weighted by molar-refractivity contribution is -0.151. The first-order chi connectivity index (χ1) is 14.9. The van der Waals surface area contributed by atoms with Gasteiger partial charge in [0.25, 0.3) is 5.91 Å². The van der Waals surface area contributed by atoms with Crippen molar-refractivity contribution in [3.05, 3.63) is 29.3 Å². The van der Waals surface area contributed by atoms with Gasteiger partial charge in [-0.3, -0.25) is 19.2 Å². The predicted octanol–water partition coefficient (Wildman–Crippen LogP) is 1.75. The average Bonchev–Trinajstić information content (AvgIpc) is 3.24. The van der Waals surface area contributed by atoms with Gasteiger partial charge in [0.2, 0.25) is 11.8 Å². The lowest BCUT2D eigenvalue weighted by Crippen LogP contribution is -2.50. The highest BCUT2D eigenvalue weighted by Crippen LogP contribution is 2.34. The van der Waals surface area contributed by atoms with Gasteiger partial charge in [-0.05, 0) is 51.2 Å². The number of para-hydroxylation sites is 1. The first-order valence-corrected chi connectivity index (χ1v) is 11.1. The quantitative estimate of drug-likeness (QED) is 0.684. The summed E-state index contributed by atoms with van der Waals surface area (Å²) >= 11 is 0. The molecule has 8 nitrogen and oxygen atoms in total. The number of likely N-dealkylation sites (tertiary alicyclic amines) is 1. The highest BCUT2D eigenvalue weighted by molar-refractivity contribution is 6.13. The Bertz CT molecular complexity index is 906. The highest BCUT2D eigenvalue weighted by Gasteiger charge is 2.43. The van der Waals surface area contributed by atoms with Crippen molar-refractivity contribution in [1.29, 1.82) is 0 Å². The van der Waals surface area contributed by atoms with E-state index in [1.165, 1.54) is 4.90 Å². The van der Waals surface area contributed by atoms with Crippen molar-refractivity contribution < 1.29 is 23.9 Å². The summed E-state index contributed by atoms with van der Waals surface area (Å²) in [5, 5.41) is 0. The first kappa shape index (κ1) is 21.3. The van der Waals surface area contributed by atoms with Crippen molar-refractivity contribution in [2.75, 3.05) is 37.7 Å². The second kappa shape index (κ2) is 8.69. The molecule has 0 bridgehead atoms. The predicted molar refractivity (Wildman–Crippen MR) is 114 cm³/mol. The molecule has 0 spiro atoms. The van der Waals surface area contributed by atoms with Crippen LogP contribution in [0.4, 0.5) is 5.69 Å². The molecule has 1 aromatic rings. The molecule has 1 atom stereocenters. The standard InChI is InChI=1S/C23H29N3O5/c1-3-31-23(30)16-9-12-24(13-10-16)19(27)14-26-20-15(2)6-4-7-17(20)21(28)25-11-5-8-18(25)22(26)29/h4,6-7,16,18H,3,5,8-14H2,1-2H3/t18-/m1/s1. The molecule has 0 unspecified atom stereocenters. The Morgan fingerprint density at radius 1 is 1.10 bits per heavy atom. The van der Waals surface area contributed by atoms with E-state index in [1.807, 2.05) is 19.1 Å². The van der Waals surface area contributed by atoms with Crippen LogP contribution < -0.4 is 4.90 Å². The zero-order valence-corrected chi connectivity index (χ0v) is 18.1. The molecule has 8 heteroatoms. The summed E-state index contributed by atoms with van der Waals surface area (Å²) in [7, 11) is 0. The van der Waals surface area contributed by atoms with Crippen molar-refractivity contribution in [3.8, 4) is 0 Å². The number of aryl methyl sites for hydroxylation is 1. The summed E-state index contributed by atoms with van der Waals surface area (Å²) in [6, 6.07) is 4.90. The first-order valence-electron chi connectivity index (χ1n) is 11.1. The number of hydrogen-bond acceptors (Lipinski definition) is 5. The van der Waals surface area contributed by atoms with E-state index in [9.17, 15) is 19.2 Å². The van der Waals surface area contributed by atoms with E-state index in [0.717, 1.165) is 12.0 Å². The van der Waals surface area contributed by atoms with Crippen LogP contribution in [0.2, 0.25) is 0 Å². The molecule has 3 heterocycles. The minimum absolute atomic E-state index is 0.0988. The molecule has 0 aliphatic carbocycles. The second-order valence-corrected chi connectivity index (χ2v) is 8.46. The Morgan fingerprint density at radius 2 is 1.84 bits per heavy atom. The van der Waals surface area contributed by atoms with Crippen LogP contribution in [0.3, 0.4) is 0 Å². The van der Waals surface area contributed by atoms with Crippen LogP contribution in [0.5, 0.6) is 0 Å². The Morgan fingerprint density at radius 3 is 2.55 bits per heavy atom. The fourth-order valence-electron chi connectivity index (χ4n) is 4.92. The number of fused-ring (bicyclic) bond motifs is 2. The smallest absolute Gasteiger partial charge is 0.309 e. The molecule has 0 aromatic heterocycles. The van der Waals surface area contributed by atoms with Crippen LogP contribution in [0.15, 0.2) is 18.2 Å². The van der Waals surface area contributed by atoms with Gasteiger partial charge in [0.15, 0.2) is 0 Å². The molecular weight excluding hydrogens is 398 g/mol. The van der Waals surface area contributed by atoms with Crippen molar-refractivity contribution in [3.63, 3.8) is 0 Å². The minimum atomic E-state index is -0.512. The molecule has 3 aliphatic heterocycles. The topological polar surface area (TPSA) is 87.2 Å². The third-order valence-electron chi connectivity index (χ3n) is 6.56. The molecule has 166 valence electrons. The third-order valence-corrected chi connectivity index (χ3v) is 6.56. The van der Waals surface area contributed by atoms with Gasteiger partial charge in [-0.2, -0.15) is 0 Å². The number of carbonyl (C=O) groups excluding carboxylic acids is 4. The molecule has 1 aromatic carbocycles. The number of benzene rings is 1. The maximum atomic E-state index is 13.4. The normalized spacial score (nSPS) is 21.6. The van der Waals surface area contributed by atoms with E-state index in [2.05, 4.69) is 0 Å². The van der Waals surface area contributed by atoms with Crippen molar-refractivity contribution in [2.24, 2.45) is 5.92 Å². The molecule has 31 heavy (non-hydrogen) atoms. The zero-order valence-electron chi connectivity index (χ0n) is 18.1. The maximum Gasteiger partial charge on any atom is 0.309 e. The van der Waals surface area contributed by atoms with E-state index < -0.39 is 6.04 Å². The molecule has 0 N–H and O–H groups in total. The number of nitrogens with zero attached hydrogens (tertiary/aromatic N) is 3. The van der Waals surface area contributed by atoms with Crippen LogP contribution in [-0.4, -0.2) is 72.3 Å². The van der Waals surface area contributed by atoms with E-state index >= 15 is 0 Å². The molecule has 0 saturated carbocycles. The largest absolute Gasteiger partial charge is 0.466 e. The van der Waals surface area contributed by atoms with E-state index in [4.69, 9.17) is 4.74 Å². The van der Waals surface area contributed by atoms with Gasteiger partial charge in [-0.15, -0.1) is 0 Å². The summed E-state index contributed by atoms with van der Waals surface area (Å²) in [5.74, 6) is -0.879. The van der Waals surface area contributed by atoms with E-state index in [0.29, 0.717) is 56.8 Å². The van der Waals surface area contributed by atoms with Gasteiger partial charge in [0.1, 0.15) is 12.6 Å². The maximum absolute atomic E-state index is 13.4. The monoisotopic (exact) mass is 427 g/mol. The van der Waals surface area contributed by atoms with Crippen LogP contribution in [0.25, 0.3) is 0 Å². The Balaban J connectivity index is 1.54. The molecule has 3 amide bonds. The molecule has 2 saturated heterocycles. The van der Waals surface area contributed by atoms with Crippen LogP contribution in [0.1, 0.15) is 48.5 Å². The highest BCUT2D eigenvalue weighted by atomic mass is 16.5. The van der Waals surface area contributed by atoms with Gasteiger partial charge in [-0.1, -0.05) is 12.1 Å². The van der Waals surface area contributed by atoms with Gasteiger partial charge in [0, 0.05) is 19.6 Å². The zero-order chi connectivity index (χ0) is 22.1. The number of carbonyl (C=O) groups is 4. The summed E-state index contributed by atoms with van der Waals surface area (Å²) in [5.41, 5.74) is 1.82. The number of rotatable bonds is 4. The molecule has 3 aliphatic rings. The number of ether oxygens (including phenoxy) is 1. The number of piperidine rings is 1. The molecule has 0 radical (unpaired) electrons. The van der Waals surface area contributed by atoms with Crippen molar-refractivity contribution in [1.82, 2.24) is 9.80 Å². The van der Waals surface area contributed by atoms with Gasteiger partial charge in [-0.25, -0.2) is 0 Å². The fraction of sp³-hybridized carbons (Fsp3) is 0.565. The van der Waals surface area contributed by atoms with Crippen LogP contribution in [-0.2, 0) is 19.1 Å². The number of amides is 3. The van der Waals surface area contributed by atoms with Crippen LogP contribution >= 0.6 is 0 Å². The molecular formula is C23H29N3O5. The van der Waals surface area contributed by atoms with E-state index in [1.54, 1.807) is 22.8 Å². The SMILES string of the molecule is CCOC(=O)C1CCN(C(=O)CN2C(=O)[C@H]3CCCN3C(=O)c3cccc(C)c32)CC1. The Labute approximate surface area is 182 Å². The lowest BCUT2D eigenvalue weighted by atomic mass is 9.97. The average molecular weight is 428 g/mol. The minimum Gasteiger partial charge on any atom is -0.466 e. The van der Waals surface area contributed by atoms with Crippen molar-refractivity contribution in [2.45, 2.75) is 45.6 Å². The van der Waals surface area contributed by atoms with Crippen LogP contribution in [0, 0.1) is 12.8 Å². The lowest BCUT2D eigenvalue weighted by Gasteiger charge is -2.33.